The molecule has 0 aliphatic rings. The fraction of sp³-hybridized carbons (Fsp3) is 0.462. The van der Waals surface area contributed by atoms with Crippen molar-refractivity contribution in [2.24, 2.45) is 0 Å². The molecule has 0 atom stereocenters. The highest BCUT2D eigenvalue weighted by molar-refractivity contribution is 5.60. The number of fused-ring (bicyclic) bond motifs is 1. The number of pyridine rings is 1. The first-order chi connectivity index (χ1) is 8.30. The number of nitrogens with zero attached hydrogens (tertiary/aromatic N) is 3. The predicted octanol–water partition coefficient (Wildman–Crippen LogP) is 1.67. The van der Waals surface area contributed by atoms with Gasteiger partial charge in [-0.15, -0.1) is 0 Å². The van der Waals surface area contributed by atoms with Gasteiger partial charge in [-0.2, -0.15) is 5.10 Å². The van der Waals surface area contributed by atoms with Gasteiger partial charge in [0, 0.05) is 18.3 Å². The Morgan fingerprint density at radius 2 is 2.06 bits per heavy atom. The monoisotopic (exact) mass is 233 g/mol. The van der Waals surface area contributed by atoms with E-state index in [1.807, 2.05) is 16.8 Å². The van der Waals surface area contributed by atoms with Crippen molar-refractivity contribution in [2.75, 3.05) is 13.1 Å². The van der Waals surface area contributed by atoms with Gasteiger partial charge >= 0.3 is 0 Å². The van der Waals surface area contributed by atoms with Crippen molar-refractivity contribution in [2.45, 2.75) is 27.0 Å². The smallest absolute Gasteiger partial charge is 0.0761 e. The molecule has 0 aromatic carbocycles. The van der Waals surface area contributed by atoms with E-state index in [9.17, 15) is 5.11 Å². The molecule has 2 aromatic heterocycles. The molecule has 0 radical (unpaired) electrons. The summed E-state index contributed by atoms with van der Waals surface area (Å²) in [5.74, 6) is 0. The molecule has 2 heterocycles. The average molecular weight is 233 g/mol. The zero-order valence-electron chi connectivity index (χ0n) is 10.4. The highest BCUT2D eigenvalue weighted by Gasteiger charge is 2.10. The lowest BCUT2D eigenvalue weighted by atomic mass is 10.1. The maximum atomic E-state index is 9.33. The molecule has 0 bridgehead atoms. The van der Waals surface area contributed by atoms with Crippen LogP contribution in [0.5, 0.6) is 0 Å². The lowest BCUT2D eigenvalue weighted by Gasteiger charge is -2.18. The Kier molecular flexibility index (Phi) is 3.76. The lowest BCUT2D eigenvalue weighted by molar-refractivity contribution is 0.282. The molecular weight excluding hydrogens is 214 g/mol. The molecule has 4 heteroatoms. The minimum Gasteiger partial charge on any atom is -0.392 e. The van der Waals surface area contributed by atoms with Gasteiger partial charge < -0.3 is 5.11 Å². The normalized spacial score (nSPS) is 11.5. The van der Waals surface area contributed by atoms with Gasteiger partial charge in [-0.1, -0.05) is 19.9 Å². The molecule has 4 nitrogen and oxygen atoms in total. The highest BCUT2D eigenvalue weighted by atomic mass is 16.3. The standard InChI is InChI=1S/C13H19N3O/c1-3-15(4-2)9-11-6-5-7-16-13(11)12(10-17)8-14-16/h5-8,17H,3-4,9-10H2,1-2H3. The molecule has 2 aromatic rings. The Labute approximate surface area is 101 Å². The van der Waals surface area contributed by atoms with Gasteiger partial charge in [0.25, 0.3) is 0 Å². The number of aliphatic hydroxyl groups is 1. The maximum absolute atomic E-state index is 9.33. The second kappa shape index (κ2) is 5.29. The van der Waals surface area contributed by atoms with Gasteiger partial charge in [-0.05, 0) is 24.7 Å². The van der Waals surface area contributed by atoms with E-state index in [-0.39, 0.29) is 6.61 Å². The molecule has 0 aliphatic carbocycles. The Morgan fingerprint density at radius 3 is 2.71 bits per heavy atom. The van der Waals surface area contributed by atoms with Crippen molar-refractivity contribution in [3.63, 3.8) is 0 Å². The van der Waals surface area contributed by atoms with E-state index < -0.39 is 0 Å². The van der Waals surface area contributed by atoms with Crippen LogP contribution >= 0.6 is 0 Å². The average Bonchev–Trinajstić information content (AvgIpc) is 2.79. The van der Waals surface area contributed by atoms with Crippen LogP contribution in [0.1, 0.15) is 25.0 Å². The fourth-order valence-electron chi connectivity index (χ4n) is 2.12. The van der Waals surface area contributed by atoms with E-state index in [1.165, 1.54) is 5.56 Å². The van der Waals surface area contributed by atoms with E-state index in [1.54, 1.807) is 6.20 Å². The minimum atomic E-state index is 0.0404. The van der Waals surface area contributed by atoms with Crippen LogP contribution < -0.4 is 0 Å². The number of rotatable bonds is 5. The predicted molar refractivity (Wildman–Crippen MR) is 67.7 cm³/mol. The summed E-state index contributed by atoms with van der Waals surface area (Å²) in [5, 5.41) is 13.6. The molecule has 2 rings (SSSR count). The van der Waals surface area contributed by atoms with E-state index in [0.29, 0.717) is 0 Å². The SMILES string of the molecule is CCN(CC)Cc1cccn2ncc(CO)c12. The quantitative estimate of drug-likeness (QED) is 0.854. The third-order valence-corrected chi connectivity index (χ3v) is 3.16. The van der Waals surface area contributed by atoms with Crippen LogP contribution in [0.2, 0.25) is 0 Å². The van der Waals surface area contributed by atoms with Crippen LogP contribution in [-0.4, -0.2) is 32.7 Å². The molecule has 92 valence electrons. The molecule has 0 saturated carbocycles. The Morgan fingerprint density at radius 1 is 1.29 bits per heavy atom. The van der Waals surface area contributed by atoms with Crippen LogP contribution in [-0.2, 0) is 13.2 Å². The summed E-state index contributed by atoms with van der Waals surface area (Å²) in [6.07, 6.45) is 3.65. The zero-order chi connectivity index (χ0) is 12.3. The van der Waals surface area contributed by atoms with Gasteiger partial charge in [-0.25, -0.2) is 4.52 Å². The summed E-state index contributed by atoms with van der Waals surface area (Å²) in [6, 6.07) is 4.11. The molecule has 0 saturated heterocycles. The molecular formula is C13H19N3O. The van der Waals surface area contributed by atoms with Gasteiger partial charge in [0.1, 0.15) is 0 Å². The van der Waals surface area contributed by atoms with Crippen LogP contribution in [0, 0.1) is 0 Å². The van der Waals surface area contributed by atoms with E-state index >= 15 is 0 Å². The number of hydrogen-bond donors (Lipinski definition) is 1. The topological polar surface area (TPSA) is 40.8 Å². The largest absolute Gasteiger partial charge is 0.392 e. The Balaban J connectivity index is 2.41. The van der Waals surface area contributed by atoms with Crippen molar-refractivity contribution < 1.29 is 5.11 Å². The number of hydrogen-bond acceptors (Lipinski definition) is 3. The highest BCUT2D eigenvalue weighted by Crippen LogP contribution is 2.17. The van der Waals surface area contributed by atoms with Gasteiger partial charge in [-0.3, -0.25) is 4.90 Å². The first-order valence-electron chi connectivity index (χ1n) is 6.07. The minimum absolute atomic E-state index is 0.0404. The molecule has 0 fully saturated rings. The molecule has 0 amide bonds. The second-order valence-corrected chi connectivity index (χ2v) is 4.12. The summed E-state index contributed by atoms with van der Waals surface area (Å²) < 4.78 is 1.84. The van der Waals surface area contributed by atoms with Crippen molar-refractivity contribution in [1.82, 2.24) is 14.5 Å². The molecule has 17 heavy (non-hydrogen) atoms. The summed E-state index contributed by atoms with van der Waals surface area (Å²) in [4.78, 5) is 2.35. The summed E-state index contributed by atoms with van der Waals surface area (Å²) in [6.45, 7) is 7.31. The van der Waals surface area contributed by atoms with Crippen molar-refractivity contribution in [3.05, 3.63) is 35.7 Å². The van der Waals surface area contributed by atoms with Crippen molar-refractivity contribution >= 4 is 5.52 Å². The second-order valence-electron chi connectivity index (χ2n) is 4.12. The Bertz CT molecular complexity index is 488. The Hall–Kier alpha value is -1.39. The van der Waals surface area contributed by atoms with Gasteiger partial charge in [0.15, 0.2) is 0 Å². The summed E-state index contributed by atoms with van der Waals surface area (Å²) in [5.41, 5.74) is 3.16. The first kappa shape index (κ1) is 12.1. The van der Waals surface area contributed by atoms with E-state index in [2.05, 4.69) is 29.9 Å². The third kappa shape index (κ3) is 2.33. The number of aromatic nitrogens is 2. The zero-order valence-corrected chi connectivity index (χ0v) is 10.4. The van der Waals surface area contributed by atoms with Crippen molar-refractivity contribution in [1.29, 1.82) is 0 Å². The first-order valence-corrected chi connectivity index (χ1v) is 6.07. The van der Waals surface area contributed by atoms with Crippen molar-refractivity contribution in [3.8, 4) is 0 Å². The summed E-state index contributed by atoms with van der Waals surface area (Å²) >= 11 is 0. The third-order valence-electron chi connectivity index (χ3n) is 3.16. The van der Waals surface area contributed by atoms with E-state index in [0.717, 1.165) is 30.7 Å². The lowest BCUT2D eigenvalue weighted by Crippen LogP contribution is -2.22. The molecule has 0 unspecified atom stereocenters. The maximum Gasteiger partial charge on any atom is 0.0761 e. The molecule has 0 spiro atoms. The number of aliphatic hydroxyl groups excluding tert-OH is 1. The fourth-order valence-corrected chi connectivity index (χ4v) is 2.12. The van der Waals surface area contributed by atoms with Crippen LogP contribution in [0.3, 0.4) is 0 Å². The van der Waals surface area contributed by atoms with Crippen LogP contribution in [0.25, 0.3) is 5.52 Å². The van der Waals surface area contributed by atoms with Crippen LogP contribution in [0.4, 0.5) is 0 Å². The molecule has 0 aliphatic heterocycles. The van der Waals surface area contributed by atoms with Gasteiger partial charge in [0.05, 0.1) is 18.3 Å². The van der Waals surface area contributed by atoms with E-state index in [4.69, 9.17) is 0 Å². The van der Waals surface area contributed by atoms with Gasteiger partial charge in [0.2, 0.25) is 0 Å². The molecule has 1 N–H and O–H groups in total. The summed E-state index contributed by atoms with van der Waals surface area (Å²) in [7, 11) is 0. The van der Waals surface area contributed by atoms with Crippen LogP contribution in [0.15, 0.2) is 24.5 Å².